The second-order valence-electron chi connectivity index (χ2n) is 6.14. The fourth-order valence-corrected chi connectivity index (χ4v) is 2.36. The lowest BCUT2D eigenvalue weighted by atomic mass is 9.96. The molecule has 0 aliphatic carbocycles. The molecular weight excluding hydrogens is 344 g/mol. The fourth-order valence-electron chi connectivity index (χ4n) is 2.36. The second-order valence-corrected chi connectivity index (χ2v) is 6.14. The number of ketones is 1. The van der Waals surface area contributed by atoms with Crippen molar-refractivity contribution >= 4 is 17.7 Å². The van der Waals surface area contributed by atoms with E-state index in [2.05, 4.69) is 0 Å². The Morgan fingerprint density at radius 3 is 2.44 bits per heavy atom. The Balaban J connectivity index is 2.68. The molecule has 1 aromatic rings. The van der Waals surface area contributed by atoms with E-state index in [1.807, 2.05) is 26.0 Å². The highest BCUT2D eigenvalue weighted by atomic mass is 16.6. The molecule has 0 bridgehead atoms. The minimum atomic E-state index is -0.643. The molecule has 2 atom stereocenters. The van der Waals surface area contributed by atoms with Crippen LogP contribution < -0.4 is 0 Å². The number of hydrogen-bond donors (Lipinski definition) is 0. The molecule has 0 heterocycles. The molecule has 0 saturated heterocycles. The normalized spacial score (nSPS) is 13.4. The van der Waals surface area contributed by atoms with Gasteiger partial charge in [-0.2, -0.15) is 0 Å². The SMILES string of the molecule is CC=CC=CC(=O)C(C)C(CCOC(=O)c1ccccc1)OC(=O)CCC. The summed E-state index contributed by atoms with van der Waals surface area (Å²) < 4.78 is 10.7. The molecule has 5 heteroatoms. The highest BCUT2D eigenvalue weighted by molar-refractivity contribution is 5.92. The highest BCUT2D eigenvalue weighted by Gasteiger charge is 2.26. The first kappa shape index (κ1) is 22.4. The van der Waals surface area contributed by atoms with Crippen LogP contribution in [0.1, 0.15) is 50.4 Å². The summed E-state index contributed by atoms with van der Waals surface area (Å²) in [7, 11) is 0. The first-order chi connectivity index (χ1) is 13.0. The van der Waals surface area contributed by atoms with E-state index in [4.69, 9.17) is 9.47 Å². The molecule has 0 spiro atoms. The standard InChI is InChI=1S/C22H28O5/c1-4-6-8-14-19(23)17(3)20(27-21(24)11-5-2)15-16-26-22(25)18-12-9-7-10-13-18/h4,6-10,12-14,17,20H,5,11,15-16H2,1-3H3. The summed E-state index contributed by atoms with van der Waals surface area (Å²) in [5, 5.41) is 0. The smallest absolute Gasteiger partial charge is 0.338 e. The van der Waals surface area contributed by atoms with E-state index in [9.17, 15) is 14.4 Å². The molecular formula is C22H28O5. The van der Waals surface area contributed by atoms with Gasteiger partial charge in [0.15, 0.2) is 5.78 Å². The van der Waals surface area contributed by atoms with E-state index in [-0.39, 0.29) is 31.2 Å². The van der Waals surface area contributed by atoms with E-state index in [1.54, 1.807) is 43.3 Å². The third-order valence-corrected chi connectivity index (χ3v) is 3.95. The fraction of sp³-hybridized carbons (Fsp3) is 0.409. The van der Waals surface area contributed by atoms with Gasteiger partial charge in [-0.3, -0.25) is 9.59 Å². The molecule has 0 radical (unpaired) electrons. The molecule has 0 N–H and O–H groups in total. The molecule has 1 rings (SSSR count). The Morgan fingerprint density at radius 1 is 1.11 bits per heavy atom. The Kier molecular flexibility index (Phi) is 10.5. The zero-order valence-corrected chi connectivity index (χ0v) is 16.2. The van der Waals surface area contributed by atoms with E-state index < -0.39 is 18.0 Å². The van der Waals surface area contributed by atoms with Gasteiger partial charge in [-0.25, -0.2) is 4.79 Å². The lowest BCUT2D eigenvalue weighted by Crippen LogP contribution is -2.31. The first-order valence-corrected chi connectivity index (χ1v) is 9.24. The van der Waals surface area contributed by atoms with Crippen LogP contribution in [0.2, 0.25) is 0 Å². The summed E-state index contributed by atoms with van der Waals surface area (Å²) in [6, 6.07) is 8.65. The number of carbonyl (C=O) groups excluding carboxylic acids is 3. The van der Waals surface area contributed by atoms with Crippen LogP contribution in [0.4, 0.5) is 0 Å². The zero-order valence-electron chi connectivity index (χ0n) is 16.2. The van der Waals surface area contributed by atoms with Crippen LogP contribution in [0, 0.1) is 5.92 Å². The number of allylic oxidation sites excluding steroid dienone is 4. The van der Waals surface area contributed by atoms with Crippen molar-refractivity contribution in [1.82, 2.24) is 0 Å². The largest absolute Gasteiger partial charge is 0.462 e. The monoisotopic (exact) mass is 372 g/mol. The lowest BCUT2D eigenvalue weighted by molar-refractivity contribution is -0.153. The van der Waals surface area contributed by atoms with Crippen molar-refractivity contribution in [3.8, 4) is 0 Å². The van der Waals surface area contributed by atoms with Gasteiger partial charge in [0.25, 0.3) is 0 Å². The van der Waals surface area contributed by atoms with Crippen LogP contribution in [0.3, 0.4) is 0 Å². The summed E-state index contributed by atoms with van der Waals surface area (Å²) in [4.78, 5) is 36.2. The second kappa shape index (κ2) is 12.6. The van der Waals surface area contributed by atoms with Crippen LogP contribution in [-0.4, -0.2) is 30.4 Å². The van der Waals surface area contributed by atoms with Crippen molar-refractivity contribution in [2.24, 2.45) is 5.92 Å². The Labute approximate surface area is 161 Å². The summed E-state index contributed by atoms with van der Waals surface area (Å²) in [6.45, 7) is 5.51. The number of benzene rings is 1. The molecule has 0 amide bonds. The van der Waals surface area contributed by atoms with E-state index in [0.29, 0.717) is 12.0 Å². The Bertz CT molecular complexity index is 661. The Hall–Kier alpha value is -2.69. The van der Waals surface area contributed by atoms with Crippen LogP contribution >= 0.6 is 0 Å². The summed E-state index contributed by atoms with van der Waals surface area (Å²) in [6.07, 6.45) is 7.25. The Morgan fingerprint density at radius 2 is 1.81 bits per heavy atom. The lowest BCUT2D eigenvalue weighted by Gasteiger charge is -2.22. The number of rotatable bonds is 11. The van der Waals surface area contributed by atoms with Gasteiger partial charge < -0.3 is 9.47 Å². The summed E-state index contributed by atoms with van der Waals surface area (Å²) in [5.41, 5.74) is 0.454. The van der Waals surface area contributed by atoms with Crippen molar-refractivity contribution in [3.05, 3.63) is 60.2 Å². The molecule has 0 aliphatic heterocycles. The van der Waals surface area contributed by atoms with Gasteiger partial charge in [0, 0.05) is 12.8 Å². The van der Waals surface area contributed by atoms with E-state index >= 15 is 0 Å². The maximum absolute atomic E-state index is 12.3. The topological polar surface area (TPSA) is 69.7 Å². The number of hydrogen-bond acceptors (Lipinski definition) is 5. The average Bonchev–Trinajstić information content (AvgIpc) is 2.67. The van der Waals surface area contributed by atoms with Gasteiger partial charge in [0.05, 0.1) is 18.1 Å². The zero-order chi connectivity index (χ0) is 20.1. The quantitative estimate of drug-likeness (QED) is 0.329. The first-order valence-electron chi connectivity index (χ1n) is 9.24. The molecule has 1 aromatic carbocycles. The minimum Gasteiger partial charge on any atom is -0.462 e. The van der Waals surface area contributed by atoms with Gasteiger partial charge >= 0.3 is 11.9 Å². The maximum Gasteiger partial charge on any atom is 0.338 e. The van der Waals surface area contributed by atoms with Crippen molar-refractivity contribution in [3.63, 3.8) is 0 Å². The van der Waals surface area contributed by atoms with Gasteiger partial charge in [-0.1, -0.05) is 50.3 Å². The van der Waals surface area contributed by atoms with Crippen molar-refractivity contribution in [1.29, 1.82) is 0 Å². The van der Waals surface area contributed by atoms with Crippen LogP contribution in [0.5, 0.6) is 0 Å². The third-order valence-electron chi connectivity index (χ3n) is 3.95. The number of ether oxygens (including phenoxy) is 2. The van der Waals surface area contributed by atoms with Crippen LogP contribution in [0.25, 0.3) is 0 Å². The molecule has 5 nitrogen and oxygen atoms in total. The molecule has 27 heavy (non-hydrogen) atoms. The minimum absolute atomic E-state index is 0.0635. The molecule has 0 aromatic heterocycles. The maximum atomic E-state index is 12.3. The average molecular weight is 372 g/mol. The summed E-state index contributed by atoms with van der Waals surface area (Å²) in [5.74, 6) is -1.46. The predicted octanol–water partition coefficient (Wildman–Crippen LogP) is 4.28. The predicted molar refractivity (Wildman–Crippen MR) is 104 cm³/mol. The molecule has 146 valence electrons. The molecule has 0 fully saturated rings. The van der Waals surface area contributed by atoms with E-state index in [0.717, 1.165) is 0 Å². The van der Waals surface area contributed by atoms with Crippen LogP contribution in [-0.2, 0) is 19.1 Å². The third kappa shape index (κ3) is 8.49. The van der Waals surface area contributed by atoms with Gasteiger partial charge in [0.2, 0.25) is 0 Å². The highest BCUT2D eigenvalue weighted by Crippen LogP contribution is 2.16. The van der Waals surface area contributed by atoms with Gasteiger partial charge in [0.1, 0.15) is 6.10 Å². The molecule has 2 unspecified atom stereocenters. The van der Waals surface area contributed by atoms with Crippen molar-refractivity contribution in [2.45, 2.75) is 46.1 Å². The summed E-state index contributed by atoms with van der Waals surface area (Å²) >= 11 is 0. The van der Waals surface area contributed by atoms with Crippen LogP contribution in [0.15, 0.2) is 54.6 Å². The van der Waals surface area contributed by atoms with E-state index in [1.165, 1.54) is 6.08 Å². The number of esters is 2. The van der Waals surface area contributed by atoms with Gasteiger partial charge in [-0.15, -0.1) is 0 Å². The van der Waals surface area contributed by atoms with Crippen molar-refractivity contribution in [2.75, 3.05) is 6.61 Å². The molecule has 0 aliphatic rings. The van der Waals surface area contributed by atoms with Gasteiger partial charge in [-0.05, 0) is 31.6 Å². The molecule has 0 saturated carbocycles. The number of carbonyl (C=O) groups is 3. The van der Waals surface area contributed by atoms with Crippen molar-refractivity contribution < 1.29 is 23.9 Å².